The van der Waals surface area contributed by atoms with Crippen LogP contribution in [0, 0.1) is 21.7 Å². The zero-order valence-corrected chi connectivity index (χ0v) is 10.8. The zero-order valence-electron chi connectivity index (χ0n) is 10.1. The third kappa shape index (κ3) is 3.21. The van der Waals surface area contributed by atoms with Gasteiger partial charge >= 0.3 is 0 Å². The van der Waals surface area contributed by atoms with Crippen LogP contribution >= 0.6 is 11.6 Å². The van der Waals surface area contributed by atoms with E-state index in [1.54, 1.807) is 6.07 Å². The second-order valence-corrected chi connectivity index (χ2v) is 4.43. The summed E-state index contributed by atoms with van der Waals surface area (Å²) in [6.45, 7) is 0.110. The van der Waals surface area contributed by atoms with E-state index in [9.17, 15) is 18.9 Å². The van der Waals surface area contributed by atoms with Crippen LogP contribution < -0.4 is 5.32 Å². The maximum absolute atomic E-state index is 13.2. The van der Waals surface area contributed by atoms with E-state index in [4.69, 9.17) is 11.6 Å². The molecule has 7 heteroatoms. The van der Waals surface area contributed by atoms with Gasteiger partial charge in [0.05, 0.1) is 9.95 Å². The molecule has 4 nitrogen and oxygen atoms in total. The van der Waals surface area contributed by atoms with Crippen LogP contribution in [0.1, 0.15) is 5.56 Å². The molecule has 0 atom stereocenters. The Morgan fingerprint density at radius 2 is 1.95 bits per heavy atom. The van der Waals surface area contributed by atoms with Crippen LogP contribution in [0.5, 0.6) is 0 Å². The third-order valence-electron chi connectivity index (χ3n) is 2.62. The van der Waals surface area contributed by atoms with E-state index >= 15 is 0 Å². The average Bonchev–Trinajstić information content (AvgIpc) is 2.40. The maximum Gasteiger partial charge on any atom is 0.292 e. The summed E-state index contributed by atoms with van der Waals surface area (Å²) in [7, 11) is 0. The summed E-state index contributed by atoms with van der Waals surface area (Å²) in [4.78, 5) is 10.2. The summed E-state index contributed by atoms with van der Waals surface area (Å²) in [6, 6.07) is 7.26. The van der Waals surface area contributed by atoms with E-state index < -0.39 is 16.6 Å². The Balaban J connectivity index is 2.20. The molecule has 0 unspecified atom stereocenters. The fourth-order valence-electron chi connectivity index (χ4n) is 1.66. The molecule has 0 spiro atoms. The first-order chi connectivity index (χ1) is 9.47. The van der Waals surface area contributed by atoms with E-state index in [1.807, 2.05) is 0 Å². The van der Waals surface area contributed by atoms with E-state index in [0.29, 0.717) is 5.56 Å². The number of halogens is 3. The van der Waals surface area contributed by atoms with Crippen LogP contribution in [0.4, 0.5) is 20.2 Å². The third-order valence-corrected chi connectivity index (χ3v) is 2.93. The van der Waals surface area contributed by atoms with Crippen molar-refractivity contribution in [2.45, 2.75) is 6.54 Å². The molecule has 0 saturated heterocycles. The van der Waals surface area contributed by atoms with Gasteiger partial charge in [0.15, 0.2) is 0 Å². The van der Waals surface area contributed by atoms with Crippen LogP contribution in [-0.4, -0.2) is 4.92 Å². The minimum atomic E-state index is -0.621. The quantitative estimate of drug-likeness (QED) is 0.682. The first kappa shape index (κ1) is 14.2. The van der Waals surface area contributed by atoms with Crippen molar-refractivity contribution in [3.8, 4) is 0 Å². The number of nitrogens with one attached hydrogen (secondary N) is 1. The maximum atomic E-state index is 13.2. The highest BCUT2D eigenvalue weighted by molar-refractivity contribution is 6.30. The molecule has 1 N–H and O–H groups in total. The van der Waals surface area contributed by atoms with Crippen molar-refractivity contribution in [1.82, 2.24) is 0 Å². The number of hydrogen-bond donors (Lipinski definition) is 1. The van der Waals surface area contributed by atoms with Crippen LogP contribution in [0.25, 0.3) is 0 Å². The largest absolute Gasteiger partial charge is 0.375 e. The lowest BCUT2D eigenvalue weighted by atomic mass is 10.2. The van der Waals surface area contributed by atoms with Crippen LogP contribution in [0.3, 0.4) is 0 Å². The van der Waals surface area contributed by atoms with E-state index in [1.165, 1.54) is 12.1 Å². The van der Waals surface area contributed by atoms with Gasteiger partial charge in [0.25, 0.3) is 5.69 Å². The van der Waals surface area contributed by atoms with Gasteiger partial charge in [-0.2, -0.15) is 0 Å². The minimum absolute atomic E-state index is 0.00881. The van der Waals surface area contributed by atoms with E-state index in [-0.39, 0.29) is 22.9 Å². The number of hydrogen-bond acceptors (Lipinski definition) is 3. The van der Waals surface area contributed by atoms with Gasteiger partial charge in [-0.15, -0.1) is 0 Å². The highest BCUT2D eigenvalue weighted by Gasteiger charge is 2.14. The number of nitrogens with zero attached hydrogens (tertiary/aromatic N) is 1. The molecule has 0 aliphatic carbocycles. The minimum Gasteiger partial charge on any atom is -0.375 e. The molecule has 2 aromatic rings. The second kappa shape index (κ2) is 5.83. The van der Waals surface area contributed by atoms with Gasteiger partial charge < -0.3 is 5.32 Å². The Kier molecular flexibility index (Phi) is 4.14. The highest BCUT2D eigenvalue weighted by Crippen LogP contribution is 2.25. The van der Waals surface area contributed by atoms with Crippen molar-refractivity contribution in [3.05, 3.63) is 68.7 Å². The van der Waals surface area contributed by atoms with Crippen molar-refractivity contribution in [2.24, 2.45) is 0 Å². The van der Waals surface area contributed by atoms with Crippen LogP contribution in [0.2, 0.25) is 5.02 Å². The van der Waals surface area contributed by atoms with Gasteiger partial charge in [0.2, 0.25) is 0 Å². The number of rotatable bonds is 4. The smallest absolute Gasteiger partial charge is 0.292 e. The van der Waals surface area contributed by atoms with Crippen molar-refractivity contribution >= 4 is 23.0 Å². The number of anilines is 1. The molecule has 0 fully saturated rings. The Labute approximate surface area is 118 Å². The molecular formula is C13H9ClF2N2O2. The molecular weight excluding hydrogens is 290 g/mol. The van der Waals surface area contributed by atoms with Gasteiger partial charge in [-0.25, -0.2) is 8.78 Å². The predicted octanol–water partition coefficient (Wildman–Crippen LogP) is 4.14. The Morgan fingerprint density at radius 1 is 1.20 bits per heavy atom. The molecule has 104 valence electrons. The van der Waals surface area contributed by atoms with Gasteiger partial charge in [0, 0.05) is 18.7 Å². The molecule has 0 aliphatic heterocycles. The molecule has 0 saturated carbocycles. The summed E-state index contributed by atoms with van der Waals surface area (Å²) in [5.41, 5.74) is 0.316. The highest BCUT2D eigenvalue weighted by atomic mass is 35.5. The molecule has 2 aromatic carbocycles. The fourth-order valence-corrected chi connectivity index (χ4v) is 1.77. The van der Waals surface area contributed by atoms with Crippen LogP contribution in [0.15, 0.2) is 36.4 Å². The molecule has 20 heavy (non-hydrogen) atoms. The zero-order chi connectivity index (χ0) is 14.7. The topological polar surface area (TPSA) is 55.2 Å². The van der Waals surface area contributed by atoms with Gasteiger partial charge in [-0.05, 0) is 23.8 Å². The Hall–Kier alpha value is -2.21. The molecule has 0 radical (unpaired) electrons. The normalized spacial score (nSPS) is 10.3. The van der Waals surface area contributed by atoms with Crippen molar-refractivity contribution in [1.29, 1.82) is 0 Å². The average molecular weight is 299 g/mol. The first-order valence-electron chi connectivity index (χ1n) is 5.59. The summed E-state index contributed by atoms with van der Waals surface area (Å²) < 4.78 is 26.4. The Bertz CT molecular complexity index is 665. The van der Waals surface area contributed by atoms with E-state index in [0.717, 1.165) is 18.2 Å². The lowest BCUT2D eigenvalue weighted by Crippen LogP contribution is -2.03. The van der Waals surface area contributed by atoms with Gasteiger partial charge in [-0.1, -0.05) is 17.7 Å². The summed E-state index contributed by atoms with van der Waals surface area (Å²) in [5, 5.41) is 13.5. The summed E-state index contributed by atoms with van der Waals surface area (Å²) >= 11 is 5.55. The summed E-state index contributed by atoms with van der Waals surface area (Å²) in [6.07, 6.45) is 0. The van der Waals surface area contributed by atoms with Gasteiger partial charge in [0.1, 0.15) is 17.3 Å². The summed E-state index contributed by atoms with van der Waals surface area (Å²) in [5.74, 6) is -1.18. The molecule has 0 heterocycles. The lowest BCUT2D eigenvalue weighted by molar-refractivity contribution is -0.384. The molecule has 2 rings (SSSR count). The molecule has 0 aromatic heterocycles. The predicted molar refractivity (Wildman–Crippen MR) is 71.8 cm³/mol. The first-order valence-corrected chi connectivity index (χ1v) is 5.97. The SMILES string of the molecule is O=[N+]([O-])c1ccc(F)cc1NCc1ccc(Cl)c(F)c1. The fraction of sp³-hybridized carbons (Fsp3) is 0.0769. The molecule has 0 amide bonds. The lowest BCUT2D eigenvalue weighted by Gasteiger charge is -2.08. The monoisotopic (exact) mass is 298 g/mol. The molecule has 0 bridgehead atoms. The Morgan fingerprint density at radius 3 is 2.60 bits per heavy atom. The standard InChI is InChI=1S/C13H9ClF2N2O2/c14-10-3-1-8(5-11(10)16)7-17-12-6-9(15)2-4-13(12)18(19)20/h1-6,17H,7H2. The van der Waals surface area contributed by atoms with E-state index in [2.05, 4.69) is 5.32 Å². The second-order valence-electron chi connectivity index (χ2n) is 4.02. The van der Waals surface area contributed by atoms with Crippen LogP contribution in [-0.2, 0) is 6.54 Å². The number of nitro groups is 1. The van der Waals surface area contributed by atoms with Crippen molar-refractivity contribution in [2.75, 3.05) is 5.32 Å². The number of benzene rings is 2. The molecule has 0 aliphatic rings. The van der Waals surface area contributed by atoms with Crippen molar-refractivity contribution in [3.63, 3.8) is 0 Å². The van der Waals surface area contributed by atoms with Crippen molar-refractivity contribution < 1.29 is 13.7 Å². The van der Waals surface area contributed by atoms with Gasteiger partial charge in [-0.3, -0.25) is 10.1 Å². The number of nitro benzene ring substituents is 1.